The molecule has 0 aliphatic rings. The first-order valence-corrected chi connectivity index (χ1v) is 5.41. The van der Waals surface area contributed by atoms with Gasteiger partial charge in [0.2, 0.25) is 0 Å². The van der Waals surface area contributed by atoms with Crippen LogP contribution >= 0.6 is 0 Å². The Morgan fingerprint density at radius 1 is 1.38 bits per heavy atom. The van der Waals surface area contributed by atoms with E-state index in [1.54, 1.807) is 6.92 Å². The van der Waals surface area contributed by atoms with Gasteiger partial charge in [0.05, 0.1) is 6.42 Å². The molecular weight excluding hydrogens is 204 g/mol. The minimum atomic E-state index is -1.26. The van der Waals surface area contributed by atoms with E-state index in [9.17, 15) is 9.90 Å². The highest BCUT2D eigenvalue weighted by molar-refractivity contribution is 5.68. The number of aliphatic carboxylic acids is 1. The lowest BCUT2D eigenvalue weighted by Crippen LogP contribution is -2.29. The van der Waals surface area contributed by atoms with Gasteiger partial charge in [-0.05, 0) is 31.4 Å². The summed E-state index contributed by atoms with van der Waals surface area (Å²) >= 11 is 0. The van der Waals surface area contributed by atoms with Crippen molar-refractivity contribution in [2.75, 3.05) is 0 Å². The van der Waals surface area contributed by atoms with Crippen LogP contribution in [0.4, 0.5) is 0 Å². The zero-order valence-electron chi connectivity index (χ0n) is 9.95. The summed E-state index contributed by atoms with van der Waals surface area (Å²) in [5, 5.41) is 19.2. The molecule has 0 saturated carbocycles. The van der Waals surface area contributed by atoms with Crippen molar-refractivity contribution in [3.05, 3.63) is 34.9 Å². The topological polar surface area (TPSA) is 57.5 Å². The predicted molar refractivity (Wildman–Crippen MR) is 62.4 cm³/mol. The fourth-order valence-electron chi connectivity index (χ4n) is 2.00. The van der Waals surface area contributed by atoms with Crippen LogP contribution in [0.2, 0.25) is 0 Å². The Balaban J connectivity index is 3.17. The third kappa shape index (κ3) is 2.61. The van der Waals surface area contributed by atoms with Gasteiger partial charge in [-0.15, -0.1) is 0 Å². The van der Waals surface area contributed by atoms with Gasteiger partial charge in [0.15, 0.2) is 0 Å². The van der Waals surface area contributed by atoms with Crippen LogP contribution in [-0.4, -0.2) is 16.2 Å². The molecule has 2 N–H and O–H groups in total. The molecule has 3 heteroatoms. The Labute approximate surface area is 95.7 Å². The van der Waals surface area contributed by atoms with Gasteiger partial charge in [0, 0.05) is 0 Å². The molecule has 0 bridgehead atoms. The number of rotatable bonds is 4. The van der Waals surface area contributed by atoms with E-state index in [1.807, 2.05) is 32.0 Å². The summed E-state index contributed by atoms with van der Waals surface area (Å²) in [7, 11) is 0. The molecule has 0 fully saturated rings. The Kier molecular flexibility index (Phi) is 3.70. The molecule has 1 unspecified atom stereocenters. The first-order valence-electron chi connectivity index (χ1n) is 5.41. The molecule has 1 aromatic rings. The van der Waals surface area contributed by atoms with Crippen LogP contribution in [0.5, 0.6) is 0 Å². The average molecular weight is 222 g/mol. The predicted octanol–water partition coefficient (Wildman–Crippen LogP) is 2.38. The van der Waals surface area contributed by atoms with Gasteiger partial charge in [-0.3, -0.25) is 4.79 Å². The maximum absolute atomic E-state index is 10.8. The molecule has 3 nitrogen and oxygen atoms in total. The van der Waals surface area contributed by atoms with Gasteiger partial charge in [-0.25, -0.2) is 0 Å². The minimum absolute atomic E-state index is 0.257. The smallest absolute Gasteiger partial charge is 0.306 e. The van der Waals surface area contributed by atoms with Crippen LogP contribution < -0.4 is 0 Å². The van der Waals surface area contributed by atoms with Crippen molar-refractivity contribution in [3.63, 3.8) is 0 Å². The molecule has 0 spiro atoms. The molecule has 0 aliphatic carbocycles. The fourth-order valence-corrected chi connectivity index (χ4v) is 2.00. The monoisotopic (exact) mass is 222 g/mol. The minimum Gasteiger partial charge on any atom is -0.481 e. The van der Waals surface area contributed by atoms with Crippen LogP contribution in [0.25, 0.3) is 0 Å². The van der Waals surface area contributed by atoms with E-state index in [2.05, 4.69) is 0 Å². The molecule has 1 aromatic carbocycles. The van der Waals surface area contributed by atoms with Crippen molar-refractivity contribution < 1.29 is 15.0 Å². The van der Waals surface area contributed by atoms with Crippen LogP contribution in [0.15, 0.2) is 18.2 Å². The molecule has 0 saturated heterocycles. The number of hydrogen-bond acceptors (Lipinski definition) is 2. The molecule has 1 atom stereocenters. The highest BCUT2D eigenvalue weighted by atomic mass is 16.4. The van der Waals surface area contributed by atoms with E-state index in [4.69, 9.17) is 5.11 Å². The van der Waals surface area contributed by atoms with Crippen LogP contribution in [-0.2, 0) is 10.4 Å². The normalized spacial score (nSPS) is 14.5. The number of carboxylic acids is 1. The third-order valence-electron chi connectivity index (χ3n) is 2.91. The van der Waals surface area contributed by atoms with Crippen molar-refractivity contribution in [2.45, 2.75) is 39.2 Å². The third-order valence-corrected chi connectivity index (χ3v) is 2.91. The Hall–Kier alpha value is -1.35. The summed E-state index contributed by atoms with van der Waals surface area (Å²) in [6.07, 6.45) is 0.136. The molecule has 0 aliphatic heterocycles. The molecule has 0 aromatic heterocycles. The molecule has 0 amide bonds. The van der Waals surface area contributed by atoms with Crippen LogP contribution in [0.3, 0.4) is 0 Å². The van der Waals surface area contributed by atoms with Crippen molar-refractivity contribution >= 4 is 5.97 Å². The summed E-state index contributed by atoms with van der Waals surface area (Å²) in [4.78, 5) is 10.8. The van der Waals surface area contributed by atoms with Crippen molar-refractivity contribution in [1.29, 1.82) is 0 Å². The van der Waals surface area contributed by atoms with Gasteiger partial charge in [0.25, 0.3) is 0 Å². The van der Waals surface area contributed by atoms with Crippen molar-refractivity contribution in [2.24, 2.45) is 0 Å². The van der Waals surface area contributed by atoms with E-state index in [1.165, 1.54) is 0 Å². The van der Waals surface area contributed by atoms with Crippen molar-refractivity contribution in [3.8, 4) is 0 Å². The number of aliphatic hydroxyl groups is 1. The van der Waals surface area contributed by atoms with Gasteiger partial charge in [0.1, 0.15) is 5.60 Å². The zero-order chi connectivity index (χ0) is 12.3. The summed E-state index contributed by atoms with van der Waals surface area (Å²) in [6.45, 7) is 5.66. The van der Waals surface area contributed by atoms with E-state index < -0.39 is 11.6 Å². The fraction of sp³-hybridized carbons (Fsp3) is 0.462. The Morgan fingerprint density at radius 2 is 2.00 bits per heavy atom. The van der Waals surface area contributed by atoms with E-state index in [0.717, 1.165) is 11.1 Å². The number of aryl methyl sites for hydroxylation is 2. The lowest BCUT2D eigenvalue weighted by molar-refractivity contribution is -0.143. The van der Waals surface area contributed by atoms with E-state index in [-0.39, 0.29) is 6.42 Å². The summed E-state index contributed by atoms with van der Waals surface area (Å²) in [5.41, 5.74) is 1.49. The zero-order valence-corrected chi connectivity index (χ0v) is 9.95. The van der Waals surface area contributed by atoms with Gasteiger partial charge in [-0.2, -0.15) is 0 Å². The van der Waals surface area contributed by atoms with E-state index >= 15 is 0 Å². The largest absolute Gasteiger partial charge is 0.481 e. The highest BCUT2D eigenvalue weighted by Gasteiger charge is 2.31. The number of hydrogen-bond donors (Lipinski definition) is 2. The molecule has 16 heavy (non-hydrogen) atoms. The first-order chi connectivity index (χ1) is 7.39. The quantitative estimate of drug-likeness (QED) is 0.822. The van der Waals surface area contributed by atoms with Gasteiger partial charge in [-0.1, -0.05) is 30.7 Å². The number of carbonyl (C=O) groups is 1. The lowest BCUT2D eigenvalue weighted by atomic mass is 9.84. The lowest BCUT2D eigenvalue weighted by Gasteiger charge is -2.27. The molecule has 0 radical (unpaired) electrons. The number of benzene rings is 1. The molecule has 0 heterocycles. The van der Waals surface area contributed by atoms with Crippen LogP contribution in [0.1, 0.15) is 36.5 Å². The average Bonchev–Trinajstić information content (AvgIpc) is 2.16. The summed E-state index contributed by atoms with van der Waals surface area (Å²) in [5.74, 6) is -0.982. The highest BCUT2D eigenvalue weighted by Crippen LogP contribution is 2.31. The second-order valence-corrected chi connectivity index (χ2v) is 4.27. The molecule has 1 rings (SSSR count). The summed E-state index contributed by atoms with van der Waals surface area (Å²) < 4.78 is 0. The number of carboxylic acid groups (broad SMARTS) is 1. The molecule has 88 valence electrons. The second kappa shape index (κ2) is 4.66. The maximum atomic E-state index is 10.8. The van der Waals surface area contributed by atoms with Crippen molar-refractivity contribution in [1.82, 2.24) is 0 Å². The van der Waals surface area contributed by atoms with Gasteiger partial charge >= 0.3 is 5.97 Å². The second-order valence-electron chi connectivity index (χ2n) is 4.27. The standard InChI is InChI=1S/C13H18O3/c1-4-13(16,8-12(14)15)11-6-5-9(2)7-10(11)3/h5-7,16H,4,8H2,1-3H3,(H,14,15). The SMILES string of the molecule is CCC(O)(CC(=O)O)c1ccc(C)cc1C. The van der Waals surface area contributed by atoms with E-state index in [0.29, 0.717) is 12.0 Å². The molecular formula is C13H18O3. The van der Waals surface area contributed by atoms with Gasteiger partial charge < -0.3 is 10.2 Å². The Morgan fingerprint density at radius 3 is 2.44 bits per heavy atom. The maximum Gasteiger partial charge on any atom is 0.306 e. The Bertz CT molecular complexity index is 398. The summed E-state index contributed by atoms with van der Waals surface area (Å²) in [6, 6.07) is 5.67. The van der Waals surface area contributed by atoms with Crippen LogP contribution in [0, 0.1) is 13.8 Å². The first kappa shape index (κ1) is 12.7.